The minimum absolute atomic E-state index is 0.128. The normalized spacial score (nSPS) is 12.2. The van der Waals surface area contributed by atoms with E-state index in [1.165, 1.54) is 12.1 Å². The molecule has 0 radical (unpaired) electrons. The summed E-state index contributed by atoms with van der Waals surface area (Å²) in [6, 6.07) is 12.8. The first-order valence-corrected chi connectivity index (χ1v) is 6.14. The molecular weight excluding hydrogens is 265 g/mol. The predicted molar refractivity (Wildman–Crippen MR) is 72.4 cm³/mol. The Morgan fingerprint density at radius 3 is 2.05 bits per heavy atom. The number of hydrogen-bond donors (Lipinski definition) is 1. The smallest absolute Gasteiger partial charge is 0.392 e. The van der Waals surface area contributed by atoms with E-state index < -0.39 is 11.7 Å². The summed E-state index contributed by atoms with van der Waals surface area (Å²) in [6.07, 6.45) is -4.41. The van der Waals surface area contributed by atoms with Crippen LogP contribution in [0.5, 0.6) is 0 Å². The Morgan fingerprint density at radius 1 is 0.800 bits per heavy atom. The van der Waals surface area contributed by atoms with Gasteiger partial charge in [-0.15, -0.1) is 0 Å². The summed E-state index contributed by atoms with van der Waals surface area (Å²) in [5.74, 6) is 0. The van der Waals surface area contributed by atoms with Gasteiger partial charge in [0.15, 0.2) is 0 Å². The number of aliphatic hydroxyl groups excluding tert-OH is 1. The fraction of sp³-hybridized carbons (Fsp3) is 0.125. The molecule has 0 saturated carbocycles. The Bertz CT molecular complexity index is 791. The zero-order valence-corrected chi connectivity index (χ0v) is 10.4. The SMILES string of the molecule is OCc1cc2c(C(F)(F)F)cccc2c2ccccc12. The van der Waals surface area contributed by atoms with Crippen molar-refractivity contribution < 1.29 is 18.3 Å². The number of rotatable bonds is 1. The maximum Gasteiger partial charge on any atom is 0.417 e. The lowest BCUT2D eigenvalue weighted by atomic mass is 9.94. The van der Waals surface area contributed by atoms with Gasteiger partial charge in [0.2, 0.25) is 0 Å². The van der Waals surface area contributed by atoms with Crippen LogP contribution in [0.1, 0.15) is 11.1 Å². The molecular formula is C16H11F3O. The highest BCUT2D eigenvalue weighted by Gasteiger charge is 2.32. The third-order valence-corrected chi connectivity index (χ3v) is 3.46. The molecule has 0 bridgehead atoms. The van der Waals surface area contributed by atoms with E-state index in [2.05, 4.69) is 0 Å². The molecule has 20 heavy (non-hydrogen) atoms. The Labute approximate surface area is 113 Å². The van der Waals surface area contributed by atoms with Crippen LogP contribution in [-0.2, 0) is 12.8 Å². The minimum Gasteiger partial charge on any atom is -0.392 e. The van der Waals surface area contributed by atoms with Crippen LogP contribution in [0.3, 0.4) is 0 Å². The van der Waals surface area contributed by atoms with Crippen molar-refractivity contribution in [3.05, 3.63) is 59.7 Å². The summed E-state index contributed by atoms with van der Waals surface area (Å²) in [5.41, 5.74) is -0.166. The molecule has 0 aliphatic rings. The number of aliphatic hydroxyl groups is 1. The van der Waals surface area contributed by atoms with Crippen molar-refractivity contribution in [1.29, 1.82) is 0 Å². The standard InChI is InChI=1S/C16H11F3O/c17-16(18,19)15-7-3-6-13-12-5-2-1-4-11(12)10(9-20)8-14(13)15/h1-8,20H,9H2. The van der Waals surface area contributed by atoms with Gasteiger partial charge in [0.1, 0.15) is 0 Å². The predicted octanol–water partition coefficient (Wildman–Crippen LogP) is 4.50. The average molecular weight is 276 g/mol. The molecule has 0 heterocycles. The monoisotopic (exact) mass is 276 g/mol. The van der Waals surface area contributed by atoms with Gasteiger partial charge in [-0.1, -0.05) is 36.4 Å². The molecule has 0 saturated heterocycles. The molecule has 0 amide bonds. The third kappa shape index (κ3) is 1.93. The van der Waals surface area contributed by atoms with E-state index in [0.717, 1.165) is 16.8 Å². The van der Waals surface area contributed by atoms with Crippen LogP contribution in [0, 0.1) is 0 Å². The first-order valence-electron chi connectivity index (χ1n) is 6.14. The van der Waals surface area contributed by atoms with Crippen molar-refractivity contribution in [3.8, 4) is 0 Å². The number of halogens is 3. The summed E-state index contributed by atoms with van der Waals surface area (Å²) >= 11 is 0. The number of benzene rings is 3. The first-order chi connectivity index (χ1) is 9.52. The van der Waals surface area contributed by atoms with Crippen molar-refractivity contribution >= 4 is 21.5 Å². The van der Waals surface area contributed by atoms with Gasteiger partial charge in [-0.05, 0) is 39.2 Å². The van der Waals surface area contributed by atoms with E-state index in [1.54, 1.807) is 30.3 Å². The highest BCUT2D eigenvalue weighted by Crippen LogP contribution is 2.38. The van der Waals surface area contributed by atoms with E-state index in [9.17, 15) is 18.3 Å². The molecule has 1 nitrogen and oxygen atoms in total. The van der Waals surface area contributed by atoms with Crippen LogP contribution in [-0.4, -0.2) is 5.11 Å². The summed E-state index contributed by atoms with van der Waals surface area (Å²) in [7, 11) is 0. The van der Waals surface area contributed by atoms with Crippen LogP contribution in [0.25, 0.3) is 21.5 Å². The zero-order valence-electron chi connectivity index (χ0n) is 10.4. The topological polar surface area (TPSA) is 20.2 Å². The summed E-state index contributed by atoms with van der Waals surface area (Å²) in [4.78, 5) is 0. The molecule has 3 rings (SSSR count). The molecule has 1 N–H and O–H groups in total. The molecule has 0 atom stereocenters. The second kappa shape index (κ2) is 4.49. The zero-order chi connectivity index (χ0) is 14.3. The Balaban J connectivity index is 2.52. The van der Waals surface area contributed by atoms with Crippen molar-refractivity contribution in [1.82, 2.24) is 0 Å². The van der Waals surface area contributed by atoms with Gasteiger partial charge in [0, 0.05) is 0 Å². The van der Waals surface area contributed by atoms with Crippen molar-refractivity contribution in [2.45, 2.75) is 12.8 Å². The maximum atomic E-state index is 13.1. The van der Waals surface area contributed by atoms with Gasteiger partial charge < -0.3 is 5.11 Å². The van der Waals surface area contributed by atoms with Crippen LogP contribution in [0.15, 0.2) is 48.5 Å². The van der Waals surface area contributed by atoms with Crippen LogP contribution >= 0.6 is 0 Å². The highest BCUT2D eigenvalue weighted by molar-refractivity contribution is 6.10. The largest absolute Gasteiger partial charge is 0.417 e. The Kier molecular flexibility index (Phi) is 2.91. The van der Waals surface area contributed by atoms with Crippen molar-refractivity contribution in [2.24, 2.45) is 0 Å². The van der Waals surface area contributed by atoms with E-state index in [4.69, 9.17) is 0 Å². The van der Waals surface area contributed by atoms with Crippen molar-refractivity contribution in [2.75, 3.05) is 0 Å². The number of fused-ring (bicyclic) bond motifs is 3. The maximum absolute atomic E-state index is 13.1. The van der Waals surface area contributed by atoms with Gasteiger partial charge in [-0.2, -0.15) is 13.2 Å². The quantitative estimate of drug-likeness (QED) is 0.649. The van der Waals surface area contributed by atoms with Gasteiger partial charge >= 0.3 is 6.18 Å². The molecule has 0 aromatic heterocycles. The average Bonchev–Trinajstić information content (AvgIpc) is 2.44. The Morgan fingerprint density at radius 2 is 1.40 bits per heavy atom. The van der Waals surface area contributed by atoms with Crippen molar-refractivity contribution in [3.63, 3.8) is 0 Å². The second-order valence-corrected chi connectivity index (χ2v) is 4.64. The molecule has 102 valence electrons. The fourth-order valence-corrected chi connectivity index (χ4v) is 2.58. The molecule has 3 aromatic rings. The summed E-state index contributed by atoms with van der Waals surface area (Å²) < 4.78 is 39.3. The van der Waals surface area contributed by atoms with E-state index in [-0.39, 0.29) is 12.0 Å². The summed E-state index contributed by atoms with van der Waals surface area (Å²) in [5, 5.41) is 11.6. The van der Waals surface area contributed by atoms with Gasteiger partial charge in [0.25, 0.3) is 0 Å². The second-order valence-electron chi connectivity index (χ2n) is 4.64. The van der Waals surface area contributed by atoms with Crippen LogP contribution in [0.4, 0.5) is 13.2 Å². The molecule has 4 heteroatoms. The third-order valence-electron chi connectivity index (χ3n) is 3.46. The molecule has 0 fully saturated rings. The lowest BCUT2D eigenvalue weighted by Gasteiger charge is -2.14. The lowest BCUT2D eigenvalue weighted by molar-refractivity contribution is -0.136. The first kappa shape index (κ1) is 12.9. The molecule has 0 aliphatic carbocycles. The molecule has 0 spiro atoms. The fourth-order valence-electron chi connectivity index (χ4n) is 2.58. The van der Waals surface area contributed by atoms with Crippen LogP contribution < -0.4 is 0 Å². The van der Waals surface area contributed by atoms with Gasteiger partial charge in [0.05, 0.1) is 12.2 Å². The van der Waals surface area contributed by atoms with E-state index in [1.807, 2.05) is 0 Å². The molecule has 0 aliphatic heterocycles. The van der Waals surface area contributed by atoms with E-state index in [0.29, 0.717) is 10.9 Å². The lowest BCUT2D eigenvalue weighted by Crippen LogP contribution is -2.06. The van der Waals surface area contributed by atoms with Gasteiger partial charge in [-0.3, -0.25) is 0 Å². The number of hydrogen-bond acceptors (Lipinski definition) is 1. The number of alkyl halides is 3. The summed E-state index contributed by atoms with van der Waals surface area (Å²) in [6.45, 7) is -0.289. The molecule has 3 aromatic carbocycles. The van der Waals surface area contributed by atoms with Gasteiger partial charge in [-0.25, -0.2) is 0 Å². The highest BCUT2D eigenvalue weighted by atomic mass is 19.4. The van der Waals surface area contributed by atoms with Crippen LogP contribution in [0.2, 0.25) is 0 Å². The molecule has 0 unspecified atom stereocenters. The van der Waals surface area contributed by atoms with E-state index >= 15 is 0 Å². The Hall–Kier alpha value is -2.07. The minimum atomic E-state index is -4.41.